The largest absolute Gasteiger partial charge is 0.480 e. The van der Waals surface area contributed by atoms with E-state index in [2.05, 4.69) is 32.7 Å². The number of aromatic nitrogens is 3. The van der Waals surface area contributed by atoms with Crippen molar-refractivity contribution in [1.29, 1.82) is 0 Å². The van der Waals surface area contributed by atoms with E-state index in [9.17, 15) is 18.3 Å². The molecule has 0 aliphatic carbocycles. The van der Waals surface area contributed by atoms with Crippen LogP contribution < -0.4 is 10.6 Å². The number of hydrogen-bond acceptors (Lipinski definition) is 9. The third-order valence-electron chi connectivity index (χ3n) is 6.77. The number of carbonyl (C=O) groups is 1. The topological polar surface area (TPSA) is 137 Å². The van der Waals surface area contributed by atoms with Crippen molar-refractivity contribution in [3.05, 3.63) is 54.0 Å². The van der Waals surface area contributed by atoms with Gasteiger partial charge in [-0.05, 0) is 68.8 Å². The standard InChI is InChI=1S/C27H36N6O4S/c1-38(36,37)18-17-33(15-5-4-8-21-12-11-20-7-6-14-28-25(20)31-21)16-13-24(27(34)35)32-26-22-9-2-3-10-23(22)29-19-30-26/h2-3,9-12,19,24H,4-8,13-18H2,1H3,(H,28,31)(H,34,35)(H,29,30,32). The van der Waals surface area contributed by atoms with Gasteiger partial charge >= 0.3 is 5.97 Å². The number of hydrogen-bond donors (Lipinski definition) is 3. The molecule has 0 radical (unpaired) electrons. The summed E-state index contributed by atoms with van der Waals surface area (Å²) in [5.41, 5.74) is 3.05. The number of aryl methyl sites for hydroxylation is 2. The summed E-state index contributed by atoms with van der Waals surface area (Å²) in [4.78, 5) is 27.3. The van der Waals surface area contributed by atoms with Crippen LogP contribution in [0.1, 0.15) is 36.9 Å². The first-order valence-corrected chi connectivity index (χ1v) is 15.2. The maximum Gasteiger partial charge on any atom is 0.326 e. The third-order valence-corrected chi connectivity index (χ3v) is 7.70. The molecule has 0 saturated carbocycles. The van der Waals surface area contributed by atoms with Crippen LogP contribution in [0, 0.1) is 0 Å². The van der Waals surface area contributed by atoms with E-state index in [0.29, 0.717) is 31.9 Å². The normalized spacial score (nSPS) is 14.2. The van der Waals surface area contributed by atoms with Crippen molar-refractivity contribution >= 4 is 38.3 Å². The molecule has 0 saturated heterocycles. The molecule has 3 aromatic rings. The molecule has 10 nitrogen and oxygen atoms in total. The van der Waals surface area contributed by atoms with Gasteiger partial charge in [-0.15, -0.1) is 0 Å². The molecule has 1 unspecified atom stereocenters. The number of sulfone groups is 1. The van der Waals surface area contributed by atoms with Gasteiger partial charge in [0.05, 0.1) is 11.3 Å². The van der Waals surface area contributed by atoms with Crippen LogP contribution in [-0.4, -0.2) is 83.6 Å². The summed E-state index contributed by atoms with van der Waals surface area (Å²) in [5.74, 6) is 0.514. The molecule has 0 spiro atoms. The Balaban J connectivity index is 1.33. The lowest BCUT2D eigenvalue weighted by Gasteiger charge is -2.24. The Morgan fingerprint density at radius 1 is 1.13 bits per heavy atom. The fourth-order valence-corrected chi connectivity index (χ4v) is 5.22. The number of nitrogens with one attached hydrogen (secondary N) is 2. The van der Waals surface area contributed by atoms with Crippen molar-refractivity contribution in [3.8, 4) is 0 Å². The fraction of sp³-hybridized carbons (Fsp3) is 0.481. The van der Waals surface area contributed by atoms with Gasteiger partial charge in [0, 0.05) is 37.0 Å². The summed E-state index contributed by atoms with van der Waals surface area (Å²) < 4.78 is 23.6. The molecule has 2 aromatic heterocycles. The highest BCUT2D eigenvalue weighted by Gasteiger charge is 2.21. The number of carboxylic acids is 1. The van der Waals surface area contributed by atoms with Crippen molar-refractivity contribution in [2.45, 2.75) is 44.6 Å². The summed E-state index contributed by atoms with van der Waals surface area (Å²) >= 11 is 0. The fourth-order valence-electron chi connectivity index (χ4n) is 4.63. The lowest BCUT2D eigenvalue weighted by atomic mass is 10.1. The van der Waals surface area contributed by atoms with Gasteiger partial charge in [0.25, 0.3) is 0 Å². The van der Waals surface area contributed by atoms with Crippen LogP contribution in [0.5, 0.6) is 0 Å². The third kappa shape index (κ3) is 8.09. The highest BCUT2D eigenvalue weighted by Crippen LogP contribution is 2.21. The minimum Gasteiger partial charge on any atom is -0.480 e. The Bertz CT molecular complexity index is 1350. The molecule has 1 aliphatic rings. The average Bonchev–Trinajstić information content (AvgIpc) is 2.90. The Hall–Kier alpha value is -3.31. The molecule has 1 aromatic carbocycles. The van der Waals surface area contributed by atoms with Crippen LogP contribution in [0.4, 0.5) is 11.6 Å². The predicted octanol–water partition coefficient (Wildman–Crippen LogP) is 3.01. The Kier molecular flexibility index (Phi) is 9.46. The van der Waals surface area contributed by atoms with Gasteiger partial charge in [-0.1, -0.05) is 18.2 Å². The first-order valence-electron chi connectivity index (χ1n) is 13.1. The second-order valence-corrected chi connectivity index (χ2v) is 12.1. The van der Waals surface area contributed by atoms with E-state index >= 15 is 0 Å². The van der Waals surface area contributed by atoms with E-state index in [1.165, 1.54) is 18.1 Å². The first kappa shape index (κ1) is 27.7. The van der Waals surface area contributed by atoms with Gasteiger partial charge in [0.1, 0.15) is 33.8 Å². The number of carboxylic acid groups (broad SMARTS) is 1. The van der Waals surface area contributed by atoms with Gasteiger partial charge in [-0.25, -0.2) is 28.2 Å². The SMILES string of the molecule is CS(=O)(=O)CCN(CCCCc1ccc2c(n1)NCCC2)CCC(Nc1ncnc2ccccc12)C(=O)O. The molecule has 1 aliphatic heterocycles. The summed E-state index contributed by atoms with van der Waals surface area (Å²) in [6.07, 6.45) is 7.74. The quantitative estimate of drug-likeness (QED) is 0.262. The van der Waals surface area contributed by atoms with E-state index in [4.69, 9.17) is 4.98 Å². The second-order valence-electron chi connectivity index (χ2n) is 9.83. The monoisotopic (exact) mass is 540 g/mol. The molecule has 0 fully saturated rings. The first-order chi connectivity index (χ1) is 18.3. The summed E-state index contributed by atoms with van der Waals surface area (Å²) in [5, 5.41) is 17.0. The molecule has 11 heteroatoms. The lowest BCUT2D eigenvalue weighted by Crippen LogP contribution is -2.37. The van der Waals surface area contributed by atoms with Crippen LogP contribution in [-0.2, 0) is 27.5 Å². The van der Waals surface area contributed by atoms with Gasteiger partial charge < -0.3 is 20.6 Å². The molecule has 1 atom stereocenters. The number of anilines is 2. The molecule has 38 heavy (non-hydrogen) atoms. The summed E-state index contributed by atoms with van der Waals surface area (Å²) in [6, 6.07) is 10.8. The van der Waals surface area contributed by atoms with E-state index in [1.807, 2.05) is 29.2 Å². The van der Waals surface area contributed by atoms with Crippen molar-refractivity contribution < 1.29 is 18.3 Å². The number of benzene rings is 1. The van der Waals surface area contributed by atoms with Crippen molar-refractivity contribution in [2.75, 3.05) is 48.8 Å². The zero-order valence-electron chi connectivity index (χ0n) is 21.8. The molecule has 4 rings (SSSR count). The number of unbranched alkanes of at least 4 members (excludes halogenated alkanes) is 1. The van der Waals surface area contributed by atoms with Gasteiger partial charge in [0.15, 0.2) is 0 Å². The predicted molar refractivity (Wildman–Crippen MR) is 149 cm³/mol. The van der Waals surface area contributed by atoms with E-state index < -0.39 is 21.8 Å². The molecule has 0 amide bonds. The van der Waals surface area contributed by atoms with E-state index in [0.717, 1.165) is 61.1 Å². The minimum absolute atomic E-state index is 0.0345. The van der Waals surface area contributed by atoms with Gasteiger partial charge in [-0.2, -0.15) is 0 Å². The van der Waals surface area contributed by atoms with Crippen molar-refractivity contribution in [1.82, 2.24) is 19.9 Å². The van der Waals surface area contributed by atoms with Crippen molar-refractivity contribution in [2.24, 2.45) is 0 Å². The number of aliphatic carboxylic acids is 1. The smallest absolute Gasteiger partial charge is 0.326 e. The van der Waals surface area contributed by atoms with Crippen LogP contribution >= 0.6 is 0 Å². The molecule has 3 N–H and O–H groups in total. The number of para-hydroxylation sites is 1. The van der Waals surface area contributed by atoms with Gasteiger partial charge in [-0.3, -0.25) is 0 Å². The second kappa shape index (κ2) is 13.0. The Morgan fingerprint density at radius 3 is 2.79 bits per heavy atom. The number of nitrogens with zero attached hydrogens (tertiary/aromatic N) is 4. The molecule has 0 bridgehead atoms. The van der Waals surface area contributed by atoms with E-state index in [1.54, 1.807) is 0 Å². The lowest BCUT2D eigenvalue weighted by molar-refractivity contribution is -0.138. The highest BCUT2D eigenvalue weighted by molar-refractivity contribution is 7.90. The maximum absolute atomic E-state index is 12.1. The van der Waals surface area contributed by atoms with Crippen LogP contribution in [0.25, 0.3) is 10.9 Å². The number of pyridine rings is 1. The Morgan fingerprint density at radius 2 is 1.97 bits per heavy atom. The van der Waals surface area contributed by atoms with Crippen LogP contribution in [0.15, 0.2) is 42.7 Å². The van der Waals surface area contributed by atoms with E-state index in [-0.39, 0.29) is 5.75 Å². The average molecular weight is 541 g/mol. The molecule has 204 valence electrons. The minimum atomic E-state index is -3.14. The summed E-state index contributed by atoms with van der Waals surface area (Å²) in [7, 11) is -3.14. The Labute approximate surface area is 223 Å². The highest BCUT2D eigenvalue weighted by atomic mass is 32.2. The van der Waals surface area contributed by atoms with Crippen LogP contribution in [0.2, 0.25) is 0 Å². The zero-order chi connectivity index (χ0) is 27.0. The van der Waals surface area contributed by atoms with Crippen LogP contribution in [0.3, 0.4) is 0 Å². The maximum atomic E-state index is 12.1. The molecule has 3 heterocycles. The zero-order valence-corrected chi connectivity index (χ0v) is 22.6. The molecular weight excluding hydrogens is 504 g/mol. The summed E-state index contributed by atoms with van der Waals surface area (Å²) in [6.45, 7) is 2.45. The van der Waals surface area contributed by atoms with Gasteiger partial charge in [0.2, 0.25) is 0 Å². The molecular formula is C27H36N6O4S. The number of rotatable bonds is 14. The number of fused-ring (bicyclic) bond motifs is 2. The van der Waals surface area contributed by atoms with Crippen molar-refractivity contribution in [3.63, 3.8) is 0 Å².